The van der Waals surface area contributed by atoms with E-state index in [0.29, 0.717) is 23.4 Å². The first-order valence-electron chi connectivity index (χ1n) is 7.95. The molecule has 0 aliphatic rings. The molecule has 0 spiro atoms. The molecule has 0 bridgehead atoms. The van der Waals surface area contributed by atoms with Crippen LogP contribution in [0.15, 0.2) is 48.5 Å². The number of anilines is 2. The highest BCUT2D eigenvalue weighted by Gasteiger charge is 2.10. The van der Waals surface area contributed by atoms with E-state index in [1.807, 2.05) is 6.92 Å². The van der Waals surface area contributed by atoms with Crippen LogP contribution in [-0.4, -0.2) is 16.7 Å². The summed E-state index contributed by atoms with van der Waals surface area (Å²) in [7, 11) is 0. The summed E-state index contributed by atoms with van der Waals surface area (Å²) in [4.78, 5) is 34.1. The quantitative estimate of drug-likeness (QED) is 0.587. The maximum atomic E-state index is 12.2. The van der Waals surface area contributed by atoms with Crippen molar-refractivity contribution in [2.45, 2.75) is 26.2 Å². The first-order valence-corrected chi connectivity index (χ1v) is 7.95. The molecule has 2 amide bonds. The first-order chi connectivity index (χ1) is 12.0. The number of amides is 2. The molecule has 0 atom stereocenters. The first kappa shape index (κ1) is 18.1. The van der Waals surface area contributed by atoms with Gasteiger partial charge in [-0.25, -0.2) is 0 Å². The second-order valence-electron chi connectivity index (χ2n) is 5.49. The van der Waals surface area contributed by atoms with Gasteiger partial charge in [0.15, 0.2) is 0 Å². The molecule has 2 rings (SSSR count). The molecule has 0 fully saturated rings. The Morgan fingerprint density at radius 3 is 2.28 bits per heavy atom. The number of carbonyl (C=O) groups excluding carboxylic acids is 2. The maximum Gasteiger partial charge on any atom is 0.269 e. The number of nitro benzene ring substituents is 1. The highest BCUT2D eigenvalue weighted by Crippen LogP contribution is 2.18. The van der Waals surface area contributed by atoms with Crippen LogP contribution in [0.4, 0.5) is 17.1 Å². The summed E-state index contributed by atoms with van der Waals surface area (Å²) in [6, 6.07) is 12.2. The summed E-state index contributed by atoms with van der Waals surface area (Å²) < 4.78 is 0. The average molecular weight is 341 g/mol. The zero-order valence-electron chi connectivity index (χ0n) is 13.8. The third kappa shape index (κ3) is 5.42. The number of unbranched alkanes of at least 4 members (excludes halogenated alkanes) is 1. The molecule has 0 unspecified atom stereocenters. The maximum absolute atomic E-state index is 12.2. The average Bonchev–Trinajstić information content (AvgIpc) is 2.60. The van der Waals surface area contributed by atoms with E-state index >= 15 is 0 Å². The Bertz CT molecular complexity index is 772. The minimum atomic E-state index is -0.521. The second-order valence-corrected chi connectivity index (χ2v) is 5.49. The lowest BCUT2D eigenvalue weighted by atomic mass is 10.2. The zero-order chi connectivity index (χ0) is 18.2. The van der Waals surface area contributed by atoms with Crippen LogP contribution in [0.3, 0.4) is 0 Å². The fourth-order valence-electron chi connectivity index (χ4n) is 2.17. The molecule has 25 heavy (non-hydrogen) atoms. The number of carbonyl (C=O) groups is 2. The van der Waals surface area contributed by atoms with Gasteiger partial charge >= 0.3 is 0 Å². The van der Waals surface area contributed by atoms with E-state index in [0.717, 1.165) is 12.8 Å². The molecule has 0 aliphatic heterocycles. The van der Waals surface area contributed by atoms with E-state index in [9.17, 15) is 19.7 Å². The second kappa shape index (κ2) is 8.58. The van der Waals surface area contributed by atoms with Crippen LogP contribution >= 0.6 is 0 Å². The lowest BCUT2D eigenvalue weighted by Gasteiger charge is -2.09. The Morgan fingerprint density at radius 1 is 1.04 bits per heavy atom. The smallest absolute Gasteiger partial charge is 0.269 e. The molecule has 0 aromatic heterocycles. The van der Waals surface area contributed by atoms with Crippen LogP contribution in [0.2, 0.25) is 0 Å². The summed E-state index contributed by atoms with van der Waals surface area (Å²) in [5, 5.41) is 16.1. The Balaban J connectivity index is 2.02. The predicted octanol–water partition coefficient (Wildman–Crippen LogP) is 3.98. The van der Waals surface area contributed by atoms with Crippen LogP contribution in [-0.2, 0) is 4.79 Å². The monoisotopic (exact) mass is 341 g/mol. The summed E-state index contributed by atoms with van der Waals surface area (Å²) in [5.41, 5.74) is 1.36. The normalized spacial score (nSPS) is 10.1. The van der Waals surface area contributed by atoms with E-state index in [1.54, 1.807) is 24.3 Å². The van der Waals surface area contributed by atoms with E-state index in [1.165, 1.54) is 24.3 Å². The van der Waals surface area contributed by atoms with Gasteiger partial charge in [-0.1, -0.05) is 19.4 Å². The van der Waals surface area contributed by atoms with Gasteiger partial charge in [0.2, 0.25) is 5.91 Å². The number of hydrogen-bond donors (Lipinski definition) is 2. The van der Waals surface area contributed by atoms with E-state index in [4.69, 9.17) is 0 Å². The van der Waals surface area contributed by atoms with Crippen LogP contribution < -0.4 is 10.6 Å². The minimum Gasteiger partial charge on any atom is -0.326 e. The van der Waals surface area contributed by atoms with Gasteiger partial charge in [-0.05, 0) is 36.8 Å². The number of nitrogens with one attached hydrogen (secondary N) is 2. The van der Waals surface area contributed by atoms with Gasteiger partial charge in [-0.15, -0.1) is 0 Å². The Hall–Kier alpha value is -3.22. The van der Waals surface area contributed by atoms with Crippen molar-refractivity contribution in [2.24, 2.45) is 0 Å². The molecule has 2 N–H and O–H groups in total. The number of nitrogens with zero attached hydrogens (tertiary/aromatic N) is 1. The summed E-state index contributed by atoms with van der Waals surface area (Å²) in [5.74, 6) is -0.454. The van der Waals surface area contributed by atoms with Crippen molar-refractivity contribution in [2.75, 3.05) is 10.6 Å². The minimum absolute atomic E-state index is 0.0688. The van der Waals surface area contributed by atoms with Crippen LogP contribution in [0, 0.1) is 10.1 Å². The number of non-ortho nitro benzene ring substituents is 1. The van der Waals surface area contributed by atoms with E-state index in [-0.39, 0.29) is 17.5 Å². The molecular weight excluding hydrogens is 322 g/mol. The number of rotatable bonds is 7. The lowest BCUT2D eigenvalue weighted by molar-refractivity contribution is -0.384. The van der Waals surface area contributed by atoms with Gasteiger partial charge in [-0.2, -0.15) is 0 Å². The summed E-state index contributed by atoms with van der Waals surface area (Å²) in [6.45, 7) is 2.02. The molecule has 7 heteroatoms. The van der Waals surface area contributed by atoms with E-state index < -0.39 is 4.92 Å². The number of nitro groups is 1. The van der Waals surface area contributed by atoms with Crippen LogP contribution in [0.1, 0.15) is 36.5 Å². The highest BCUT2D eigenvalue weighted by molar-refractivity contribution is 6.04. The van der Waals surface area contributed by atoms with Crippen molar-refractivity contribution in [1.29, 1.82) is 0 Å². The van der Waals surface area contributed by atoms with Gasteiger partial charge in [0, 0.05) is 35.5 Å². The number of benzene rings is 2. The molecule has 130 valence electrons. The summed E-state index contributed by atoms with van der Waals surface area (Å²) in [6.07, 6.45) is 2.22. The molecule has 2 aromatic rings. The van der Waals surface area contributed by atoms with Crippen molar-refractivity contribution in [3.05, 3.63) is 64.2 Å². The molecule has 7 nitrogen and oxygen atoms in total. The largest absolute Gasteiger partial charge is 0.326 e. The fraction of sp³-hybridized carbons (Fsp3) is 0.222. The molecule has 0 heterocycles. The van der Waals surface area contributed by atoms with Crippen molar-refractivity contribution < 1.29 is 14.5 Å². The highest BCUT2D eigenvalue weighted by atomic mass is 16.6. The molecule has 0 aliphatic carbocycles. The molecule has 0 saturated heterocycles. The predicted molar refractivity (Wildman–Crippen MR) is 95.6 cm³/mol. The van der Waals surface area contributed by atoms with Gasteiger partial charge in [0.05, 0.1) is 4.92 Å². The molecular formula is C18H19N3O4. The zero-order valence-corrected chi connectivity index (χ0v) is 13.8. The molecule has 0 radical (unpaired) electrons. The summed E-state index contributed by atoms with van der Waals surface area (Å²) >= 11 is 0. The third-order valence-electron chi connectivity index (χ3n) is 3.50. The Morgan fingerprint density at radius 2 is 1.68 bits per heavy atom. The van der Waals surface area contributed by atoms with Crippen molar-refractivity contribution in [1.82, 2.24) is 0 Å². The van der Waals surface area contributed by atoms with E-state index in [2.05, 4.69) is 10.6 Å². The number of hydrogen-bond acceptors (Lipinski definition) is 4. The SMILES string of the molecule is CCCCC(=O)Nc1cccc(NC(=O)c2ccc([N+](=O)[O-])cc2)c1. The lowest BCUT2D eigenvalue weighted by Crippen LogP contribution is -2.13. The topological polar surface area (TPSA) is 101 Å². The Labute approximate surface area is 145 Å². The molecule has 0 saturated carbocycles. The third-order valence-corrected chi connectivity index (χ3v) is 3.50. The van der Waals surface area contributed by atoms with Crippen LogP contribution in [0.5, 0.6) is 0 Å². The van der Waals surface area contributed by atoms with Gasteiger partial charge in [0.25, 0.3) is 11.6 Å². The van der Waals surface area contributed by atoms with Crippen molar-refractivity contribution in [3.8, 4) is 0 Å². The van der Waals surface area contributed by atoms with Crippen molar-refractivity contribution in [3.63, 3.8) is 0 Å². The fourth-order valence-corrected chi connectivity index (χ4v) is 2.17. The van der Waals surface area contributed by atoms with Gasteiger partial charge < -0.3 is 10.6 Å². The Kier molecular flexibility index (Phi) is 6.22. The van der Waals surface area contributed by atoms with Crippen LogP contribution in [0.25, 0.3) is 0 Å². The van der Waals surface area contributed by atoms with Crippen molar-refractivity contribution >= 4 is 28.9 Å². The van der Waals surface area contributed by atoms with Gasteiger partial charge in [-0.3, -0.25) is 19.7 Å². The standard InChI is InChI=1S/C18H19N3O4/c1-2-3-7-17(22)19-14-5-4-6-15(12-14)20-18(23)13-8-10-16(11-9-13)21(24)25/h4-6,8-12H,2-3,7H2,1H3,(H,19,22)(H,20,23). The molecule has 2 aromatic carbocycles. The van der Waals surface area contributed by atoms with Gasteiger partial charge in [0.1, 0.15) is 0 Å².